The van der Waals surface area contributed by atoms with Gasteiger partial charge in [-0.25, -0.2) is 9.50 Å². The molecule has 5 fully saturated rings. The molecule has 11 nitrogen and oxygen atoms in total. The first-order valence-electron chi connectivity index (χ1n) is 14.2. The highest BCUT2D eigenvalue weighted by Crippen LogP contribution is 2.39. The number of carbonyl (C=O) groups excluding carboxylic acids is 1. The van der Waals surface area contributed by atoms with Crippen LogP contribution < -0.4 is 9.64 Å². The van der Waals surface area contributed by atoms with Gasteiger partial charge in [-0.1, -0.05) is 0 Å². The van der Waals surface area contributed by atoms with Crippen LogP contribution in [0.15, 0.2) is 36.8 Å². The molecule has 0 N–H and O–H groups in total. The maximum Gasteiger partial charge on any atom is 0.239 e. The van der Waals surface area contributed by atoms with E-state index in [4.69, 9.17) is 14.5 Å². The third kappa shape index (κ3) is 4.46. The number of morpholine rings is 1. The highest BCUT2D eigenvalue weighted by molar-refractivity contribution is 5.85. The number of carbonyl (C=O) groups is 1. The van der Waals surface area contributed by atoms with Crippen LogP contribution in [-0.2, 0) is 9.53 Å². The summed E-state index contributed by atoms with van der Waals surface area (Å²) in [6.45, 7) is 7.37. The highest BCUT2D eigenvalue weighted by Gasteiger charge is 2.51. The minimum absolute atomic E-state index is 0.0435. The Bertz CT molecular complexity index is 1430. The number of aromatic nitrogens is 3. The fourth-order valence-electron chi connectivity index (χ4n) is 6.74. The summed E-state index contributed by atoms with van der Waals surface area (Å²) in [6.07, 6.45) is 7.38. The number of fused-ring (bicyclic) bond motifs is 3. The number of nitrogens with zero attached hydrogens (tertiary/aromatic N) is 8. The SMILES string of the molecule is CN1CCC(N2C3CC2CN(c2ccc(-c4cc(OCCN5CCOCC5)cn5ncc(C#N)c45)cn2)C3)C1=O. The summed E-state index contributed by atoms with van der Waals surface area (Å²) in [5, 5.41) is 14.1. The van der Waals surface area contributed by atoms with Crippen LogP contribution in [0.4, 0.5) is 5.82 Å². The van der Waals surface area contributed by atoms with Crippen LogP contribution in [0.1, 0.15) is 18.4 Å². The van der Waals surface area contributed by atoms with E-state index in [0.29, 0.717) is 30.0 Å². The van der Waals surface area contributed by atoms with Crippen molar-refractivity contribution >= 4 is 17.2 Å². The van der Waals surface area contributed by atoms with Gasteiger partial charge in [0.25, 0.3) is 0 Å². The second-order valence-electron chi connectivity index (χ2n) is 11.2. The average molecular weight is 543 g/mol. The number of amides is 1. The standard InChI is InChI=1S/C29H34N8O3/c1-33-5-4-26(29(33)38)37-22-12-23(37)18-35(17-22)27-3-2-20(15-31-27)25-13-24(19-36-28(25)21(14-30)16-32-36)40-11-8-34-6-9-39-10-7-34/h2-3,13,15-16,19,22-23,26H,4-12,17-18H2,1H3. The van der Waals surface area contributed by atoms with E-state index in [1.54, 1.807) is 10.7 Å². The quantitative estimate of drug-likeness (QED) is 0.439. The first-order chi connectivity index (χ1) is 19.6. The Hall–Kier alpha value is -3.72. The molecule has 5 saturated heterocycles. The van der Waals surface area contributed by atoms with Crippen molar-refractivity contribution in [2.75, 3.05) is 71.0 Å². The molecule has 3 unspecified atom stereocenters. The van der Waals surface area contributed by atoms with Crippen molar-refractivity contribution in [3.05, 3.63) is 42.4 Å². The zero-order valence-electron chi connectivity index (χ0n) is 22.8. The van der Waals surface area contributed by atoms with Crippen LogP contribution in [0.5, 0.6) is 5.75 Å². The van der Waals surface area contributed by atoms with E-state index < -0.39 is 0 Å². The molecule has 3 atom stereocenters. The molecule has 0 aliphatic carbocycles. The Morgan fingerprint density at radius 3 is 2.67 bits per heavy atom. The molecule has 0 radical (unpaired) electrons. The number of ether oxygens (including phenoxy) is 2. The second-order valence-corrected chi connectivity index (χ2v) is 11.2. The zero-order valence-corrected chi connectivity index (χ0v) is 22.8. The minimum Gasteiger partial charge on any atom is -0.491 e. The number of piperazine rings is 1. The van der Waals surface area contributed by atoms with Crippen molar-refractivity contribution < 1.29 is 14.3 Å². The predicted molar refractivity (Wildman–Crippen MR) is 148 cm³/mol. The lowest BCUT2D eigenvalue weighted by Gasteiger charge is -2.58. The molecule has 5 aliphatic rings. The van der Waals surface area contributed by atoms with Crippen LogP contribution in [-0.4, -0.2) is 119 Å². The molecule has 0 saturated carbocycles. The van der Waals surface area contributed by atoms with E-state index in [9.17, 15) is 10.1 Å². The van der Waals surface area contributed by atoms with Crippen molar-refractivity contribution in [1.29, 1.82) is 5.26 Å². The molecule has 5 aliphatic heterocycles. The lowest BCUT2D eigenvalue weighted by Crippen LogP contribution is -2.72. The zero-order chi connectivity index (χ0) is 27.2. The predicted octanol–water partition coefficient (Wildman–Crippen LogP) is 1.47. The number of piperidine rings is 1. The van der Waals surface area contributed by atoms with Crippen LogP contribution >= 0.6 is 0 Å². The van der Waals surface area contributed by atoms with E-state index in [1.165, 1.54) is 0 Å². The van der Waals surface area contributed by atoms with E-state index in [2.05, 4.69) is 38.0 Å². The summed E-state index contributed by atoms with van der Waals surface area (Å²) in [4.78, 5) is 26.4. The largest absolute Gasteiger partial charge is 0.491 e. The van der Waals surface area contributed by atoms with Crippen molar-refractivity contribution in [3.63, 3.8) is 0 Å². The normalized spacial score (nSPS) is 25.3. The molecule has 3 aromatic rings. The fraction of sp³-hybridized carbons (Fsp3) is 0.517. The van der Waals surface area contributed by atoms with Crippen LogP contribution in [0.3, 0.4) is 0 Å². The Labute approximate surface area is 233 Å². The van der Waals surface area contributed by atoms with E-state index in [0.717, 1.165) is 87.8 Å². The smallest absolute Gasteiger partial charge is 0.239 e. The third-order valence-electron chi connectivity index (χ3n) is 8.88. The van der Waals surface area contributed by atoms with Gasteiger partial charge in [-0.15, -0.1) is 0 Å². The molecule has 8 rings (SSSR count). The van der Waals surface area contributed by atoms with Gasteiger partial charge in [0.15, 0.2) is 0 Å². The highest BCUT2D eigenvalue weighted by atomic mass is 16.5. The average Bonchev–Trinajstić information content (AvgIpc) is 3.56. The Kier molecular flexibility index (Phi) is 6.54. The maximum atomic E-state index is 12.6. The molecule has 208 valence electrons. The minimum atomic E-state index is 0.0435. The van der Waals surface area contributed by atoms with Crippen LogP contribution in [0.2, 0.25) is 0 Å². The Morgan fingerprint density at radius 2 is 1.98 bits per heavy atom. The molecule has 11 heteroatoms. The molecular weight excluding hydrogens is 508 g/mol. The van der Waals surface area contributed by atoms with Gasteiger partial charge in [-0.3, -0.25) is 14.6 Å². The van der Waals surface area contributed by atoms with Gasteiger partial charge in [0.05, 0.1) is 42.7 Å². The molecular formula is C29H34N8O3. The number of hydrogen-bond donors (Lipinski definition) is 0. The molecule has 0 aromatic carbocycles. The first kappa shape index (κ1) is 25.3. The van der Waals surface area contributed by atoms with Crippen LogP contribution in [0, 0.1) is 11.3 Å². The number of hydrogen-bond acceptors (Lipinski definition) is 9. The van der Waals surface area contributed by atoms with Gasteiger partial charge in [0.1, 0.15) is 24.2 Å². The summed E-state index contributed by atoms with van der Waals surface area (Å²) < 4.78 is 13.3. The lowest BCUT2D eigenvalue weighted by atomic mass is 9.85. The van der Waals surface area contributed by atoms with Crippen molar-refractivity contribution in [2.45, 2.75) is 31.0 Å². The number of likely N-dealkylation sites (N-methyl/N-ethyl adjacent to an activating group) is 1. The molecule has 8 heterocycles. The van der Waals surface area contributed by atoms with E-state index in [-0.39, 0.29) is 11.9 Å². The summed E-state index contributed by atoms with van der Waals surface area (Å²) in [5.41, 5.74) is 3.04. The van der Waals surface area contributed by atoms with Gasteiger partial charge in [-0.05, 0) is 31.0 Å². The maximum absolute atomic E-state index is 12.6. The number of anilines is 1. The summed E-state index contributed by atoms with van der Waals surface area (Å²) >= 11 is 0. The van der Waals surface area contributed by atoms with Gasteiger partial charge < -0.3 is 19.3 Å². The number of pyridine rings is 2. The number of likely N-dealkylation sites (tertiary alicyclic amines) is 1. The summed E-state index contributed by atoms with van der Waals surface area (Å²) in [6, 6.07) is 9.22. The first-order valence-corrected chi connectivity index (χ1v) is 14.2. The molecule has 3 aromatic heterocycles. The van der Waals surface area contributed by atoms with Gasteiger partial charge in [0.2, 0.25) is 5.91 Å². The molecule has 40 heavy (non-hydrogen) atoms. The van der Waals surface area contributed by atoms with Gasteiger partial charge >= 0.3 is 0 Å². The lowest BCUT2D eigenvalue weighted by molar-refractivity contribution is -0.137. The van der Waals surface area contributed by atoms with Crippen LogP contribution in [0.25, 0.3) is 16.6 Å². The van der Waals surface area contributed by atoms with Crippen molar-refractivity contribution in [3.8, 4) is 22.9 Å². The third-order valence-corrected chi connectivity index (χ3v) is 8.88. The van der Waals surface area contributed by atoms with Gasteiger partial charge in [-0.2, -0.15) is 10.4 Å². The van der Waals surface area contributed by atoms with E-state index >= 15 is 0 Å². The topological polar surface area (TPSA) is 102 Å². The monoisotopic (exact) mass is 542 g/mol. The van der Waals surface area contributed by atoms with Gasteiger partial charge in [0, 0.05) is 75.7 Å². The summed E-state index contributed by atoms with van der Waals surface area (Å²) in [5.74, 6) is 1.91. The number of nitriles is 1. The molecule has 2 bridgehead atoms. The van der Waals surface area contributed by atoms with Crippen molar-refractivity contribution in [2.24, 2.45) is 0 Å². The number of rotatable bonds is 7. The Balaban J connectivity index is 1.08. The second kappa shape index (κ2) is 10.4. The van der Waals surface area contributed by atoms with E-state index in [1.807, 2.05) is 30.4 Å². The fourth-order valence-corrected chi connectivity index (χ4v) is 6.74. The summed E-state index contributed by atoms with van der Waals surface area (Å²) in [7, 11) is 1.90. The molecule has 0 spiro atoms. The Morgan fingerprint density at radius 1 is 1.15 bits per heavy atom. The molecule has 1 amide bonds. The van der Waals surface area contributed by atoms with Crippen molar-refractivity contribution in [1.82, 2.24) is 29.3 Å².